The summed E-state index contributed by atoms with van der Waals surface area (Å²) < 4.78 is 11.1. The average Bonchev–Trinajstić information content (AvgIpc) is 2.83. The number of hydrogen-bond acceptors (Lipinski definition) is 5. The molecule has 0 aliphatic rings. The lowest BCUT2D eigenvalue weighted by molar-refractivity contribution is -0.0583. The van der Waals surface area contributed by atoms with Gasteiger partial charge in [-0.3, -0.25) is 0 Å². The highest BCUT2D eigenvalue weighted by Crippen LogP contribution is 2.30. The van der Waals surface area contributed by atoms with E-state index in [1.54, 1.807) is 0 Å². The van der Waals surface area contributed by atoms with Crippen LogP contribution in [0.25, 0.3) is 0 Å². The van der Waals surface area contributed by atoms with E-state index in [0.717, 1.165) is 25.8 Å². The molecule has 17 heavy (non-hydrogen) atoms. The van der Waals surface area contributed by atoms with Crippen molar-refractivity contribution in [2.75, 3.05) is 20.2 Å². The van der Waals surface area contributed by atoms with Crippen molar-refractivity contribution in [1.29, 1.82) is 0 Å². The van der Waals surface area contributed by atoms with Crippen molar-refractivity contribution >= 4 is 0 Å². The molecular weight excluding hydrogens is 218 g/mol. The van der Waals surface area contributed by atoms with Crippen molar-refractivity contribution < 1.29 is 9.26 Å². The van der Waals surface area contributed by atoms with Gasteiger partial charge >= 0.3 is 0 Å². The van der Waals surface area contributed by atoms with Crippen molar-refractivity contribution in [2.45, 2.75) is 45.6 Å². The maximum Gasteiger partial charge on any atom is 0.228 e. The van der Waals surface area contributed by atoms with Gasteiger partial charge in [-0.15, -0.1) is 0 Å². The minimum absolute atomic E-state index is 0.393. The monoisotopic (exact) mass is 241 g/mol. The molecule has 1 aromatic rings. The quantitative estimate of drug-likeness (QED) is 0.753. The average molecular weight is 241 g/mol. The molecule has 1 N–H and O–H groups in total. The number of rotatable bonds is 8. The molecule has 0 spiro atoms. The van der Waals surface area contributed by atoms with Crippen molar-refractivity contribution in [3.8, 4) is 0 Å². The van der Waals surface area contributed by atoms with E-state index < -0.39 is 5.60 Å². The highest BCUT2D eigenvalue weighted by Gasteiger charge is 2.34. The first kappa shape index (κ1) is 14.1. The van der Waals surface area contributed by atoms with E-state index in [-0.39, 0.29) is 0 Å². The summed E-state index contributed by atoms with van der Waals surface area (Å²) >= 11 is 0. The van der Waals surface area contributed by atoms with Crippen molar-refractivity contribution in [2.24, 2.45) is 0 Å². The largest absolute Gasteiger partial charge is 0.367 e. The van der Waals surface area contributed by atoms with Crippen LogP contribution in [0.3, 0.4) is 0 Å². The van der Waals surface area contributed by atoms with Crippen molar-refractivity contribution in [3.05, 3.63) is 11.7 Å². The fourth-order valence-electron chi connectivity index (χ4n) is 1.88. The van der Waals surface area contributed by atoms with Gasteiger partial charge in [-0.2, -0.15) is 4.98 Å². The third-order valence-corrected chi connectivity index (χ3v) is 3.03. The Morgan fingerprint density at radius 3 is 2.53 bits per heavy atom. The molecule has 0 fully saturated rings. The minimum atomic E-state index is -0.393. The number of nitrogens with one attached hydrogen (secondary N) is 1. The Balaban J connectivity index is 2.83. The summed E-state index contributed by atoms with van der Waals surface area (Å²) in [6.45, 7) is 7.65. The second-order valence-corrected chi connectivity index (χ2v) is 4.00. The van der Waals surface area contributed by atoms with Gasteiger partial charge in [-0.1, -0.05) is 19.0 Å². The predicted octanol–water partition coefficient (Wildman–Crippen LogP) is 1.88. The molecule has 0 aliphatic carbocycles. The molecule has 98 valence electrons. The Hall–Kier alpha value is -0.940. The molecule has 0 atom stereocenters. The summed E-state index contributed by atoms with van der Waals surface area (Å²) in [6.07, 6.45) is 2.45. The third kappa shape index (κ3) is 3.26. The van der Waals surface area contributed by atoms with Crippen LogP contribution in [0.1, 0.15) is 45.3 Å². The molecule has 0 saturated heterocycles. The molecule has 0 radical (unpaired) electrons. The molecule has 5 nitrogen and oxygen atoms in total. The Morgan fingerprint density at radius 2 is 2.00 bits per heavy atom. The molecular formula is C12H23N3O2. The number of likely N-dealkylation sites (N-methyl/N-ethyl adjacent to an activating group) is 1. The summed E-state index contributed by atoms with van der Waals surface area (Å²) in [7, 11) is 1.90. The lowest BCUT2D eigenvalue weighted by Gasteiger charge is -2.27. The maximum absolute atomic E-state index is 5.83. The zero-order valence-electron chi connectivity index (χ0n) is 11.2. The van der Waals surface area contributed by atoms with E-state index >= 15 is 0 Å². The first-order valence-electron chi connectivity index (χ1n) is 6.34. The van der Waals surface area contributed by atoms with Crippen LogP contribution in [0.5, 0.6) is 0 Å². The zero-order chi connectivity index (χ0) is 12.7. The minimum Gasteiger partial charge on any atom is -0.367 e. The summed E-state index contributed by atoms with van der Waals surface area (Å²) in [5.41, 5.74) is -0.393. The molecule has 0 bridgehead atoms. The van der Waals surface area contributed by atoms with E-state index in [1.807, 2.05) is 14.0 Å². The van der Waals surface area contributed by atoms with Gasteiger partial charge in [-0.25, -0.2) is 0 Å². The van der Waals surface area contributed by atoms with Gasteiger partial charge in [0, 0.05) is 19.6 Å². The molecule has 0 amide bonds. The molecule has 0 saturated carbocycles. The van der Waals surface area contributed by atoms with Crippen LogP contribution in [-0.2, 0) is 16.8 Å². The van der Waals surface area contributed by atoms with Crippen LogP contribution >= 0.6 is 0 Å². The van der Waals surface area contributed by atoms with Crippen LogP contribution in [0, 0.1) is 0 Å². The second kappa shape index (κ2) is 6.71. The van der Waals surface area contributed by atoms with Crippen LogP contribution in [0.4, 0.5) is 0 Å². The van der Waals surface area contributed by atoms with E-state index in [1.165, 1.54) is 0 Å². The number of aromatic nitrogens is 2. The fraction of sp³-hybridized carbons (Fsp3) is 0.833. The highest BCUT2D eigenvalue weighted by molar-refractivity contribution is 5.01. The van der Waals surface area contributed by atoms with Gasteiger partial charge in [0.05, 0.1) is 0 Å². The molecule has 0 aromatic carbocycles. The highest BCUT2D eigenvalue weighted by atomic mass is 16.5. The van der Waals surface area contributed by atoms with E-state index in [0.29, 0.717) is 18.3 Å². The van der Waals surface area contributed by atoms with Gasteiger partial charge in [0.1, 0.15) is 5.60 Å². The van der Waals surface area contributed by atoms with Gasteiger partial charge in [-0.05, 0) is 26.8 Å². The van der Waals surface area contributed by atoms with Crippen LogP contribution in [-0.4, -0.2) is 30.3 Å². The molecule has 1 heterocycles. The van der Waals surface area contributed by atoms with Crippen LogP contribution in [0.2, 0.25) is 0 Å². The Labute approximate surface area is 103 Å². The molecule has 1 aromatic heterocycles. The zero-order valence-corrected chi connectivity index (χ0v) is 11.2. The third-order valence-electron chi connectivity index (χ3n) is 3.03. The smallest absolute Gasteiger partial charge is 0.228 e. The summed E-state index contributed by atoms with van der Waals surface area (Å²) in [5.74, 6) is 1.34. The van der Waals surface area contributed by atoms with Gasteiger partial charge in [0.2, 0.25) is 11.7 Å². The topological polar surface area (TPSA) is 60.2 Å². The van der Waals surface area contributed by atoms with E-state index in [4.69, 9.17) is 9.26 Å². The molecule has 1 rings (SSSR count). The maximum atomic E-state index is 5.83. The van der Waals surface area contributed by atoms with E-state index in [9.17, 15) is 0 Å². The van der Waals surface area contributed by atoms with Gasteiger partial charge in [0.25, 0.3) is 0 Å². The molecule has 0 aliphatic heterocycles. The first-order valence-corrected chi connectivity index (χ1v) is 6.34. The number of nitrogens with zero attached hydrogens (tertiary/aromatic N) is 2. The summed E-state index contributed by atoms with van der Waals surface area (Å²) in [4.78, 5) is 4.44. The fourth-order valence-corrected chi connectivity index (χ4v) is 1.88. The number of ether oxygens (including phenoxy) is 1. The van der Waals surface area contributed by atoms with Crippen molar-refractivity contribution in [1.82, 2.24) is 15.5 Å². The SMILES string of the molecule is CCOC(CC)(CC)c1noc(CCNC)n1. The van der Waals surface area contributed by atoms with Crippen LogP contribution in [0.15, 0.2) is 4.52 Å². The second-order valence-electron chi connectivity index (χ2n) is 4.00. The van der Waals surface area contributed by atoms with Gasteiger partial charge in [0.15, 0.2) is 0 Å². The molecule has 0 unspecified atom stereocenters. The van der Waals surface area contributed by atoms with E-state index in [2.05, 4.69) is 29.3 Å². The standard InChI is InChI=1S/C12H23N3O2/c1-5-12(6-2,16-7-3)11-14-10(17-15-11)8-9-13-4/h13H,5-9H2,1-4H3. The van der Waals surface area contributed by atoms with Crippen molar-refractivity contribution in [3.63, 3.8) is 0 Å². The first-order chi connectivity index (χ1) is 8.22. The Morgan fingerprint density at radius 1 is 1.29 bits per heavy atom. The molecule has 5 heteroatoms. The Kier molecular flexibility index (Phi) is 5.58. The normalized spacial score (nSPS) is 12.0. The Bertz CT molecular complexity index is 321. The predicted molar refractivity (Wildman–Crippen MR) is 65.8 cm³/mol. The summed E-state index contributed by atoms with van der Waals surface area (Å²) in [6, 6.07) is 0. The lowest BCUT2D eigenvalue weighted by Crippen LogP contribution is -2.29. The van der Waals surface area contributed by atoms with Crippen LogP contribution < -0.4 is 5.32 Å². The lowest BCUT2D eigenvalue weighted by atomic mass is 9.96. The number of hydrogen-bond donors (Lipinski definition) is 1. The van der Waals surface area contributed by atoms with Gasteiger partial charge < -0.3 is 14.6 Å². The summed E-state index contributed by atoms with van der Waals surface area (Å²) in [5, 5.41) is 7.12.